The molecule has 1 amide bonds. The van der Waals surface area contributed by atoms with E-state index in [2.05, 4.69) is 15.5 Å². The van der Waals surface area contributed by atoms with E-state index in [0.29, 0.717) is 11.5 Å². The van der Waals surface area contributed by atoms with Crippen LogP contribution >= 0.6 is 0 Å². The van der Waals surface area contributed by atoms with Crippen LogP contribution in [0.5, 0.6) is 0 Å². The first-order valence-corrected chi connectivity index (χ1v) is 6.69. The zero-order valence-electron chi connectivity index (χ0n) is 11.0. The second-order valence-electron chi connectivity index (χ2n) is 4.86. The lowest BCUT2D eigenvalue weighted by atomic mass is 10.1. The normalized spacial score (nSPS) is 13.8. The Hall–Kier alpha value is -2.24. The number of hydrogen-bond donors (Lipinski definition) is 1. The Balaban J connectivity index is 1.70. The van der Waals surface area contributed by atoms with E-state index in [-0.39, 0.29) is 18.1 Å². The molecule has 5 nitrogen and oxygen atoms in total. The first kappa shape index (κ1) is 12.8. The number of rotatable bonds is 3. The Morgan fingerprint density at radius 3 is 3.00 bits per heavy atom. The fraction of sp³-hybridized carbons (Fsp3) is 0.357. The lowest BCUT2D eigenvalue weighted by molar-refractivity contribution is -0.115. The summed E-state index contributed by atoms with van der Waals surface area (Å²) in [6, 6.07) is 6.27. The van der Waals surface area contributed by atoms with Gasteiger partial charge in [0.25, 0.3) is 0 Å². The summed E-state index contributed by atoms with van der Waals surface area (Å²) in [5, 5.41) is 10.8. The third-order valence-corrected chi connectivity index (χ3v) is 3.42. The van der Waals surface area contributed by atoms with Crippen molar-refractivity contribution >= 4 is 11.9 Å². The third kappa shape index (κ3) is 2.54. The van der Waals surface area contributed by atoms with E-state index in [1.165, 1.54) is 6.07 Å². The fourth-order valence-electron chi connectivity index (χ4n) is 2.38. The van der Waals surface area contributed by atoms with Gasteiger partial charge in [0.2, 0.25) is 11.9 Å². The quantitative estimate of drug-likeness (QED) is 0.930. The molecule has 2 aromatic rings. The maximum absolute atomic E-state index is 13.5. The predicted octanol–water partition coefficient (Wildman–Crippen LogP) is 1.93. The lowest BCUT2D eigenvalue weighted by Gasteiger charge is -2.14. The summed E-state index contributed by atoms with van der Waals surface area (Å²) in [6.07, 6.45) is 3.04. The monoisotopic (exact) mass is 274 g/mol. The average Bonchev–Trinajstić information content (AvgIpc) is 2.85. The average molecular weight is 274 g/mol. The first-order valence-electron chi connectivity index (χ1n) is 6.69. The van der Waals surface area contributed by atoms with Gasteiger partial charge < -0.3 is 0 Å². The number of carbonyl (C=O) groups is 1. The van der Waals surface area contributed by atoms with Crippen LogP contribution in [0.25, 0.3) is 0 Å². The number of fused-ring (bicyclic) bond motifs is 1. The highest BCUT2D eigenvalue weighted by Gasteiger charge is 2.17. The molecule has 0 saturated carbocycles. The van der Waals surface area contributed by atoms with Crippen LogP contribution in [-0.4, -0.2) is 20.7 Å². The van der Waals surface area contributed by atoms with Crippen molar-refractivity contribution in [2.45, 2.75) is 32.2 Å². The minimum absolute atomic E-state index is 0.00509. The molecule has 6 heteroatoms. The van der Waals surface area contributed by atoms with Crippen LogP contribution in [0.3, 0.4) is 0 Å². The molecule has 20 heavy (non-hydrogen) atoms. The van der Waals surface area contributed by atoms with E-state index in [1.54, 1.807) is 18.2 Å². The van der Waals surface area contributed by atoms with Gasteiger partial charge in [0.1, 0.15) is 11.6 Å². The van der Waals surface area contributed by atoms with Crippen LogP contribution < -0.4 is 5.32 Å². The maximum Gasteiger partial charge on any atom is 0.231 e. The Morgan fingerprint density at radius 1 is 1.30 bits per heavy atom. The molecule has 0 radical (unpaired) electrons. The smallest absolute Gasteiger partial charge is 0.231 e. The van der Waals surface area contributed by atoms with E-state index in [4.69, 9.17) is 0 Å². The molecule has 1 aromatic carbocycles. The Bertz CT molecular complexity index is 638. The number of carbonyl (C=O) groups excluding carboxylic acids is 1. The standard InChI is InChI=1S/C14H15FN4O/c15-11-6-2-1-5-10(11)9-13(20)16-14-18-17-12-7-3-4-8-19(12)14/h1-2,5-6H,3-4,7-9H2,(H,16,18,20). The Labute approximate surface area is 115 Å². The van der Waals surface area contributed by atoms with Crippen molar-refractivity contribution in [3.05, 3.63) is 41.5 Å². The molecular weight excluding hydrogens is 259 g/mol. The topological polar surface area (TPSA) is 59.8 Å². The van der Waals surface area contributed by atoms with Crippen LogP contribution in [0.15, 0.2) is 24.3 Å². The number of amides is 1. The molecule has 0 saturated heterocycles. The second-order valence-corrected chi connectivity index (χ2v) is 4.86. The van der Waals surface area contributed by atoms with Crippen molar-refractivity contribution in [1.82, 2.24) is 14.8 Å². The van der Waals surface area contributed by atoms with Crippen LogP contribution in [0.2, 0.25) is 0 Å². The molecule has 0 unspecified atom stereocenters. The lowest BCUT2D eigenvalue weighted by Crippen LogP contribution is -2.20. The molecule has 0 aliphatic carbocycles. The number of hydrogen-bond acceptors (Lipinski definition) is 3. The molecule has 1 aromatic heterocycles. The summed E-state index contributed by atoms with van der Waals surface area (Å²) in [4.78, 5) is 12.0. The molecule has 104 valence electrons. The highest BCUT2D eigenvalue weighted by molar-refractivity contribution is 5.90. The van der Waals surface area contributed by atoms with Gasteiger partial charge in [0, 0.05) is 13.0 Å². The maximum atomic E-state index is 13.5. The van der Waals surface area contributed by atoms with Crippen molar-refractivity contribution in [1.29, 1.82) is 0 Å². The molecule has 0 bridgehead atoms. The van der Waals surface area contributed by atoms with E-state index >= 15 is 0 Å². The van der Waals surface area contributed by atoms with E-state index in [0.717, 1.165) is 31.6 Å². The Kier molecular flexibility index (Phi) is 3.45. The molecule has 0 spiro atoms. The van der Waals surface area contributed by atoms with Crippen molar-refractivity contribution in [3.8, 4) is 0 Å². The van der Waals surface area contributed by atoms with Gasteiger partial charge in [-0.1, -0.05) is 18.2 Å². The van der Waals surface area contributed by atoms with Gasteiger partial charge in [-0.3, -0.25) is 14.7 Å². The number of nitrogens with one attached hydrogen (secondary N) is 1. The van der Waals surface area contributed by atoms with Gasteiger partial charge in [-0.2, -0.15) is 0 Å². The first-order chi connectivity index (χ1) is 9.74. The van der Waals surface area contributed by atoms with Crippen molar-refractivity contribution in [2.24, 2.45) is 0 Å². The van der Waals surface area contributed by atoms with Crippen molar-refractivity contribution < 1.29 is 9.18 Å². The molecule has 1 aliphatic heterocycles. The molecule has 2 heterocycles. The van der Waals surface area contributed by atoms with Crippen molar-refractivity contribution in [2.75, 3.05) is 5.32 Å². The predicted molar refractivity (Wildman–Crippen MR) is 71.7 cm³/mol. The third-order valence-electron chi connectivity index (χ3n) is 3.42. The van der Waals surface area contributed by atoms with Crippen LogP contribution in [0, 0.1) is 5.82 Å². The zero-order valence-corrected chi connectivity index (χ0v) is 11.0. The minimum atomic E-state index is -0.370. The molecular formula is C14H15FN4O. The van der Waals surface area contributed by atoms with Gasteiger partial charge in [0.15, 0.2) is 0 Å². The van der Waals surface area contributed by atoms with Crippen LogP contribution in [-0.2, 0) is 24.2 Å². The van der Waals surface area contributed by atoms with Crippen LogP contribution in [0.4, 0.5) is 10.3 Å². The number of anilines is 1. The van der Waals surface area contributed by atoms with Gasteiger partial charge in [-0.05, 0) is 24.5 Å². The van der Waals surface area contributed by atoms with Gasteiger partial charge >= 0.3 is 0 Å². The number of halogens is 1. The van der Waals surface area contributed by atoms with E-state index in [1.807, 2.05) is 4.57 Å². The van der Waals surface area contributed by atoms with Crippen LogP contribution in [0.1, 0.15) is 24.2 Å². The van der Waals surface area contributed by atoms with E-state index < -0.39 is 0 Å². The largest absolute Gasteiger partial charge is 0.297 e. The minimum Gasteiger partial charge on any atom is -0.297 e. The Morgan fingerprint density at radius 2 is 2.15 bits per heavy atom. The highest BCUT2D eigenvalue weighted by atomic mass is 19.1. The molecule has 0 fully saturated rings. The van der Waals surface area contributed by atoms with Gasteiger partial charge in [0.05, 0.1) is 6.42 Å². The number of aryl methyl sites for hydroxylation is 1. The molecule has 3 rings (SSSR count). The number of benzene rings is 1. The summed E-state index contributed by atoms with van der Waals surface area (Å²) in [5.41, 5.74) is 0.378. The molecule has 1 aliphatic rings. The molecule has 0 atom stereocenters. The SMILES string of the molecule is O=C(Cc1ccccc1F)Nc1nnc2n1CCCC2. The second kappa shape index (κ2) is 5.40. The van der Waals surface area contributed by atoms with Crippen molar-refractivity contribution in [3.63, 3.8) is 0 Å². The van der Waals surface area contributed by atoms with Gasteiger partial charge in [-0.15, -0.1) is 10.2 Å². The molecule has 1 N–H and O–H groups in total. The summed E-state index contributed by atoms with van der Waals surface area (Å²) >= 11 is 0. The highest BCUT2D eigenvalue weighted by Crippen LogP contribution is 2.17. The van der Waals surface area contributed by atoms with Gasteiger partial charge in [-0.25, -0.2) is 4.39 Å². The zero-order chi connectivity index (χ0) is 13.9. The summed E-state index contributed by atoms with van der Waals surface area (Å²) in [6.45, 7) is 0.817. The number of nitrogens with zero attached hydrogens (tertiary/aromatic N) is 3. The summed E-state index contributed by atoms with van der Waals surface area (Å²) in [7, 11) is 0. The van der Waals surface area contributed by atoms with E-state index in [9.17, 15) is 9.18 Å². The summed E-state index contributed by atoms with van der Waals surface area (Å²) in [5.74, 6) is 0.709. The number of aromatic nitrogens is 3. The fourth-order valence-corrected chi connectivity index (χ4v) is 2.38. The summed E-state index contributed by atoms with van der Waals surface area (Å²) < 4.78 is 15.4.